The number of nitrogens with two attached hydrogens (primary N) is 1. The zero-order valence-corrected chi connectivity index (χ0v) is 11.7. The molecule has 2 aromatic carbocycles. The summed E-state index contributed by atoms with van der Waals surface area (Å²) in [7, 11) is 0. The van der Waals surface area contributed by atoms with Gasteiger partial charge in [0.1, 0.15) is 5.75 Å². The number of nitro groups is 1. The quantitative estimate of drug-likeness (QED) is 0.679. The highest BCUT2D eigenvalue weighted by Crippen LogP contribution is 2.36. The number of nitro benzene ring substituents is 1. The molecule has 0 spiro atoms. The summed E-state index contributed by atoms with van der Waals surface area (Å²) in [5, 5.41) is 11.4. The number of halogens is 2. The van der Waals surface area contributed by atoms with Crippen molar-refractivity contribution in [3.8, 4) is 11.5 Å². The van der Waals surface area contributed by atoms with E-state index < -0.39 is 4.92 Å². The van der Waals surface area contributed by atoms with E-state index >= 15 is 0 Å². The first-order valence-corrected chi connectivity index (χ1v) is 6.37. The van der Waals surface area contributed by atoms with Crippen molar-refractivity contribution in [3.63, 3.8) is 0 Å². The van der Waals surface area contributed by atoms with E-state index in [1.807, 2.05) is 0 Å². The fourth-order valence-corrected chi connectivity index (χ4v) is 1.95. The number of ether oxygens (including phenoxy) is 1. The zero-order valence-electron chi connectivity index (χ0n) is 10.2. The van der Waals surface area contributed by atoms with Gasteiger partial charge in [-0.1, -0.05) is 29.3 Å². The summed E-state index contributed by atoms with van der Waals surface area (Å²) in [5.41, 5.74) is 6.25. The smallest absolute Gasteiger partial charge is 0.273 e. The van der Waals surface area contributed by atoms with E-state index in [1.165, 1.54) is 18.2 Å². The van der Waals surface area contributed by atoms with Crippen LogP contribution in [0.25, 0.3) is 0 Å². The Balaban J connectivity index is 2.34. The lowest BCUT2D eigenvalue weighted by Crippen LogP contribution is -1.96. The van der Waals surface area contributed by atoms with Crippen molar-refractivity contribution in [1.29, 1.82) is 0 Å². The average molecular weight is 313 g/mol. The number of rotatable bonds is 4. The predicted molar refractivity (Wildman–Crippen MR) is 77.5 cm³/mol. The number of benzene rings is 2. The van der Waals surface area contributed by atoms with E-state index in [0.717, 1.165) is 5.56 Å². The van der Waals surface area contributed by atoms with Gasteiger partial charge in [-0.05, 0) is 23.8 Å². The summed E-state index contributed by atoms with van der Waals surface area (Å²) in [6.07, 6.45) is 0. The summed E-state index contributed by atoms with van der Waals surface area (Å²) in [4.78, 5) is 10.2. The minimum absolute atomic E-state index is 0.112. The molecule has 0 saturated carbocycles. The molecule has 0 bridgehead atoms. The maximum atomic E-state index is 10.7. The zero-order chi connectivity index (χ0) is 14.7. The van der Waals surface area contributed by atoms with Gasteiger partial charge in [-0.25, -0.2) is 0 Å². The van der Waals surface area contributed by atoms with Gasteiger partial charge in [0.05, 0.1) is 21.0 Å². The van der Waals surface area contributed by atoms with Crippen LogP contribution in [-0.4, -0.2) is 4.92 Å². The third-order valence-corrected chi connectivity index (χ3v) is 3.19. The molecule has 0 aromatic heterocycles. The standard InChI is InChI=1S/C13H10Cl2N2O3/c14-10-3-2-9(17(18)19)6-13(10)20-12-4-1-8(7-16)5-11(12)15/h1-6H,7,16H2. The number of hydrogen-bond acceptors (Lipinski definition) is 4. The Hall–Kier alpha value is -1.82. The molecule has 0 fully saturated rings. The lowest BCUT2D eigenvalue weighted by atomic mass is 10.2. The van der Waals surface area contributed by atoms with Gasteiger partial charge < -0.3 is 10.5 Å². The Labute approximate surface area is 125 Å². The second kappa shape index (κ2) is 6.09. The highest BCUT2D eigenvalue weighted by Gasteiger charge is 2.13. The Morgan fingerprint density at radius 3 is 2.45 bits per heavy atom. The van der Waals surface area contributed by atoms with Crippen molar-refractivity contribution >= 4 is 28.9 Å². The van der Waals surface area contributed by atoms with Gasteiger partial charge in [0.2, 0.25) is 0 Å². The van der Waals surface area contributed by atoms with Crippen LogP contribution >= 0.6 is 23.2 Å². The van der Waals surface area contributed by atoms with Gasteiger partial charge in [-0.2, -0.15) is 0 Å². The maximum Gasteiger partial charge on any atom is 0.273 e. The molecule has 104 valence electrons. The van der Waals surface area contributed by atoms with Crippen molar-refractivity contribution in [2.24, 2.45) is 5.73 Å². The van der Waals surface area contributed by atoms with Crippen LogP contribution in [0.2, 0.25) is 10.0 Å². The lowest BCUT2D eigenvalue weighted by molar-refractivity contribution is -0.384. The van der Waals surface area contributed by atoms with Crippen molar-refractivity contribution in [2.45, 2.75) is 6.54 Å². The van der Waals surface area contributed by atoms with E-state index in [1.54, 1.807) is 18.2 Å². The molecule has 0 saturated heterocycles. The van der Waals surface area contributed by atoms with Crippen LogP contribution in [0.15, 0.2) is 36.4 Å². The monoisotopic (exact) mass is 312 g/mol. The Bertz CT molecular complexity index is 662. The molecule has 2 N–H and O–H groups in total. The van der Waals surface area contributed by atoms with Gasteiger partial charge in [-0.15, -0.1) is 0 Å². The topological polar surface area (TPSA) is 78.4 Å². The van der Waals surface area contributed by atoms with E-state index in [-0.39, 0.29) is 16.5 Å². The molecule has 0 radical (unpaired) electrons. The molecule has 20 heavy (non-hydrogen) atoms. The molecule has 0 amide bonds. The average Bonchev–Trinajstić information content (AvgIpc) is 2.42. The molecule has 0 aliphatic heterocycles. The number of nitrogens with zero attached hydrogens (tertiary/aromatic N) is 1. The second-order valence-corrected chi connectivity index (χ2v) is 4.76. The van der Waals surface area contributed by atoms with Crippen LogP contribution in [-0.2, 0) is 6.54 Å². The summed E-state index contributed by atoms with van der Waals surface area (Å²) in [6, 6.07) is 9.01. The molecule has 2 aromatic rings. The van der Waals surface area contributed by atoms with Gasteiger partial charge in [0.15, 0.2) is 5.75 Å². The first-order chi connectivity index (χ1) is 9.51. The lowest BCUT2D eigenvalue weighted by Gasteiger charge is -2.10. The van der Waals surface area contributed by atoms with E-state index in [4.69, 9.17) is 33.7 Å². The van der Waals surface area contributed by atoms with Crippen molar-refractivity contribution < 1.29 is 9.66 Å². The van der Waals surface area contributed by atoms with Crippen LogP contribution in [0.4, 0.5) is 5.69 Å². The Morgan fingerprint density at radius 2 is 1.85 bits per heavy atom. The largest absolute Gasteiger partial charge is 0.454 e. The highest BCUT2D eigenvalue weighted by molar-refractivity contribution is 6.33. The minimum Gasteiger partial charge on any atom is -0.454 e. The molecule has 0 heterocycles. The normalized spacial score (nSPS) is 10.3. The third-order valence-electron chi connectivity index (χ3n) is 2.58. The molecule has 0 aliphatic rings. The summed E-state index contributed by atoms with van der Waals surface area (Å²) < 4.78 is 5.52. The van der Waals surface area contributed by atoms with E-state index in [0.29, 0.717) is 17.3 Å². The highest BCUT2D eigenvalue weighted by atomic mass is 35.5. The summed E-state index contributed by atoms with van der Waals surface area (Å²) in [5.74, 6) is 0.523. The maximum absolute atomic E-state index is 10.7. The fourth-order valence-electron chi connectivity index (χ4n) is 1.56. The first-order valence-electron chi connectivity index (χ1n) is 5.61. The Morgan fingerprint density at radius 1 is 1.10 bits per heavy atom. The van der Waals surface area contributed by atoms with Crippen molar-refractivity contribution in [2.75, 3.05) is 0 Å². The van der Waals surface area contributed by atoms with Crippen LogP contribution in [0.3, 0.4) is 0 Å². The molecule has 7 heteroatoms. The van der Waals surface area contributed by atoms with Crippen molar-refractivity contribution in [1.82, 2.24) is 0 Å². The molecular formula is C13H10Cl2N2O3. The van der Waals surface area contributed by atoms with Gasteiger partial charge >= 0.3 is 0 Å². The number of hydrogen-bond donors (Lipinski definition) is 1. The molecular weight excluding hydrogens is 303 g/mol. The predicted octanol–water partition coefficient (Wildman–Crippen LogP) is 4.15. The summed E-state index contributed by atoms with van der Waals surface area (Å²) >= 11 is 12.0. The first kappa shape index (κ1) is 14.6. The molecule has 5 nitrogen and oxygen atoms in total. The molecule has 0 atom stereocenters. The van der Waals surface area contributed by atoms with E-state index in [2.05, 4.69) is 0 Å². The van der Waals surface area contributed by atoms with E-state index in [9.17, 15) is 10.1 Å². The van der Waals surface area contributed by atoms with Crippen LogP contribution < -0.4 is 10.5 Å². The van der Waals surface area contributed by atoms with Gasteiger partial charge in [0.25, 0.3) is 5.69 Å². The second-order valence-electron chi connectivity index (χ2n) is 3.94. The molecule has 0 unspecified atom stereocenters. The third kappa shape index (κ3) is 3.19. The van der Waals surface area contributed by atoms with Crippen LogP contribution in [0.5, 0.6) is 11.5 Å². The van der Waals surface area contributed by atoms with Gasteiger partial charge in [-0.3, -0.25) is 10.1 Å². The number of non-ortho nitro benzene ring substituents is 1. The Kier molecular flexibility index (Phi) is 4.44. The molecule has 0 aliphatic carbocycles. The molecule has 2 rings (SSSR count). The fraction of sp³-hybridized carbons (Fsp3) is 0.0769. The van der Waals surface area contributed by atoms with Crippen molar-refractivity contribution in [3.05, 3.63) is 62.1 Å². The SMILES string of the molecule is NCc1ccc(Oc2cc([N+](=O)[O-])ccc2Cl)c(Cl)c1. The van der Waals surface area contributed by atoms with Gasteiger partial charge in [0, 0.05) is 12.6 Å². The van der Waals surface area contributed by atoms with Crippen LogP contribution in [0.1, 0.15) is 5.56 Å². The minimum atomic E-state index is -0.525. The van der Waals surface area contributed by atoms with Crippen LogP contribution in [0, 0.1) is 10.1 Å². The summed E-state index contributed by atoms with van der Waals surface area (Å²) in [6.45, 7) is 0.359.